The van der Waals surface area contributed by atoms with Crippen molar-refractivity contribution in [1.82, 2.24) is 4.90 Å². The molecule has 0 saturated carbocycles. The van der Waals surface area contributed by atoms with E-state index >= 15 is 0 Å². The monoisotopic (exact) mass is 183 g/mol. The van der Waals surface area contributed by atoms with Gasteiger partial charge in [-0.1, -0.05) is 12.2 Å². The highest BCUT2D eigenvalue weighted by molar-refractivity contribution is 5.89. The van der Waals surface area contributed by atoms with Gasteiger partial charge in [0.15, 0.2) is 0 Å². The Morgan fingerprint density at radius 1 is 1.46 bits per heavy atom. The zero-order valence-corrected chi connectivity index (χ0v) is 7.26. The summed E-state index contributed by atoms with van der Waals surface area (Å²) in [5.41, 5.74) is 0. The number of aliphatic hydroxyl groups is 2. The summed E-state index contributed by atoms with van der Waals surface area (Å²) in [4.78, 5) is 13.0. The Hall–Kier alpha value is -0.870. The maximum absolute atomic E-state index is 11.4. The quantitative estimate of drug-likeness (QED) is 0.441. The second-order valence-corrected chi connectivity index (χ2v) is 3.50. The lowest BCUT2D eigenvalue weighted by Crippen LogP contribution is -2.62. The molecular weight excluding hydrogens is 170 g/mol. The number of rotatable bonds is 3. The molecule has 0 spiro atoms. The molecule has 1 saturated heterocycles. The minimum absolute atomic E-state index is 0.0564. The van der Waals surface area contributed by atoms with Gasteiger partial charge in [-0.05, 0) is 6.42 Å². The van der Waals surface area contributed by atoms with Crippen LogP contribution in [0.4, 0.5) is 0 Å². The first-order chi connectivity index (χ1) is 6.25. The number of aliphatic hydroxyl groups excluding tert-OH is 2. The van der Waals surface area contributed by atoms with Gasteiger partial charge in [0, 0.05) is 13.2 Å². The molecular formula is C9H13NO3. The lowest BCUT2D eigenvalue weighted by Gasteiger charge is -2.44. The molecule has 2 N–H and O–H groups in total. The van der Waals surface area contributed by atoms with Crippen LogP contribution in [0.2, 0.25) is 0 Å². The van der Waals surface area contributed by atoms with E-state index in [0.29, 0.717) is 13.0 Å². The fourth-order valence-corrected chi connectivity index (χ4v) is 2.04. The van der Waals surface area contributed by atoms with Crippen LogP contribution >= 0.6 is 0 Å². The highest BCUT2D eigenvalue weighted by Crippen LogP contribution is 2.35. The highest BCUT2D eigenvalue weighted by Gasteiger charge is 2.51. The van der Waals surface area contributed by atoms with Crippen LogP contribution in [0.5, 0.6) is 0 Å². The van der Waals surface area contributed by atoms with Crippen LogP contribution in [0.1, 0.15) is 6.42 Å². The van der Waals surface area contributed by atoms with E-state index in [1.54, 1.807) is 17.1 Å². The minimum atomic E-state index is -0.513. The number of hydrogen-bond acceptors (Lipinski definition) is 3. The molecule has 1 amide bonds. The summed E-state index contributed by atoms with van der Waals surface area (Å²) in [6, 6.07) is -0.0564. The zero-order chi connectivity index (χ0) is 9.42. The summed E-state index contributed by atoms with van der Waals surface area (Å²) in [5.74, 6) is -0.0278. The molecule has 0 bridgehead atoms. The molecule has 4 nitrogen and oxygen atoms in total. The van der Waals surface area contributed by atoms with E-state index in [-0.39, 0.29) is 24.5 Å². The van der Waals surface area contributed by atoms with Crippen molar-refractivity contribution >= 4 is 5.91 Å². The van der Waals surface area contributed by atoms with E-state index in [1.807, 2.05) is 0 Å². The van der Waals surface area contributed by atoms with Crippen LogP contribution < -0.4 is 0 Å². The maximum atomic E-state index is 11.4. The average molecular weight is 183 g/mol. The van der Waals surface area contributed by atoms with E-state index in [1.165, 1.54) is 0 Å². The predicted molar refractivity (Wildman–Crippen MR) is 45.8 cm³/mol. The minimum Gasteiger partial charge on any atom is -0.396 e. The largest absolute Gasteiger partial charge is 0.396 e. The fraction of sp³-hybridized carbons (Fsp3) is 0.667. The van der Waals surface area contributed by atoms with Gasteiger partial charge in [-0.3, -0.25) is 4.79 Å². The Labute approximate surface area is 76.5 Å². The van der Waals surface area contributed by atoms with E-state index in [9.17, 15) is 9.90 Å². The number of likely N-dealkylation sites (tertiary alicyclic amines) is 1. The van der Waals surface area contributed by atoms with Crippen molar-refractivity contribution in [3.05, 3.63) is 12.2 Å². The molecule has 0 radical (unpaired) electrons. The van der Waals surface area contributed by atoms with Crippen LogP contribution in [-0.2, 0) is 4.79 Å². The van der Waals surface area contributed by atoms with Crippen molar-refractivity contribution in [2.45, 2.75) is 18.6 Å². The molecule has 0 unspecified atom stereocenters. The van der Waals surface area contributed by atoms with Gasteiger partial charge in [0.25, 0.3) is 0 Å². The topological polar surface area (TPSA) is 60.8 Å². The second-order valence-electron chi connectivity index (χ2n) is 3.50. The first-order valence-electron chi connectivity index (χ1n) is 4.53. The first kappa shape index (κ1) is 8.72. The summed E-state index contributed by atoms with van der Waals surface area (Å²) < 4.78 is 0. The molecule has 3 atom stereocenters. The second kappa shape index (κ2) is 3.12. The van der Waals surface area contributed by atoms with Gasteiger partial charge in [0.2, 0.25) is 5.91 Å². The Kier molecular flexibility index (Phi) is 2.09. The molecule has 72 valence electrons. The Morgan fingerprint density at radius 3 is 2.92 bits per heavy atom. The van der Waals surface area contributed by atoms with Gasteiger partial charge in [0.1, 0.15) is 0 Å². The molecule has 1 heterocycles. The number of hydrogen-bond donors (Lipinski definition) is 2. The van der Waals surface area contributed by atoms with Crippen LogP contribution in [0, 0.1) is 5.92 Å². The SMILES string of the molecule is O=C1[C@H]2C=C[C@H](O)[C@H]2N1CCCO. The van der Waals surface area contributed by atoms with Crippen LogP contribution in [-0.4, -0.2) is 46.3 Å². The van der Waals surface area contributed by atoms with Gasteiger partial charge in [0.05, 0.1) is 18.1 Å². The predicted octanol–water partition coefficient (Wildman–Crippen LogP) is -0.874. The molecule has 4 heteroatoms. The molecule has 2 rings (SSSR count). The van der Waals surface area contributed by atoms with Crippen molar-refractivity contribution < 1.29 is 15.0 Å². The lowest BCUT2D eigenvalue weighted by molar-refractivity contribution is -0.156. The summed E-state index contributed by atoms with van der Waals surface area (Å²) >= 11 is 0. The number of fused-ring (bicyclic) bond motifs is 1. The summed E-state index contributed by atoms with van der Waals surface area (Å²) in [5, 5.41) is 18.1. The van der Waals surface area contributed by atoms with Crippen LogP contribution in [0.3, 0.4) is 0 Å². The van der Waals surface area contributed by atoms with Gasteiger partial charge < -0.3 is 15.1 Å². The maximum Gasteiger partial charge on any atom is 0.232 e. The Balaban J connectivity index is 1.96. The normalized spacial score (nSPS) is 36.3. The standard InChI is InChI=1S/C9H13NO3/c11-5-1-4-10-8-6(9(10)13)2-3-7(8)12/h2-3,6-8,11-12H,1,4-5H2/t6-,7-,8-/m0/s1. The molecule has 0 aromatic heterocycles. The van der Waals surface area contributed by atoms with E-state index in [4.69, 9.17) is 5.11 Å². The number of nitrogens with zero attached hydrogens (tertiary/aromatic N) is 1. The molecule has 13 heavy (non-hydrogen) atoms. The van der Waals surface area contributed by atoms with Crippen molar-refractivity contribution in [3.8, 4) is 0 Å². The fourth-order valence-electron chi connectivity index (χ4n) is 2.04. The van der Waals surface area contributed by atoms with Crippen LogP contribution in [0.15, 0.2) is 12.2 Å². The Morgan fingerprint density at radius 2 is 2.23 bits per heavy atom. The highest BCUT2D eigenvalue weighted by atomic mass is 16.3. The lowest BCUT2D eigenvalue weighted by atomic mass is 9.89. The molecule has 0 aromatic carbocycles. The van der Waals surface area contributed by atoms with E-state index < -0.39 is 6.10 Å². The summed E-state index contributed by atoms with van der Waals surface area (Å²) in [6.07, 6.45) is 3.52. The van der Waals surface area contributed by atoms with Gasteiger partial charge in [-0.15, -0.1) is 0 Å². The molecule has 0 aromatic rings. The summed E-state index contributed by atoms with van der Waals surface area (Å²) in [7, 11) is 0. The molecule has 2 aliphatic rings. The molecule has 1 aliphatic carbocycles. The number of amides is 1. The van der Waals surface area contributed by atoms with Gasteiger partial charge in [-0.2, -0.15) is 0 Å². The zero-order valence-electron chi connectivity index (χ0n) is 7.26. The smallest absolute Gasteiger partial charge is 0.232 e. The molecule has 1 fully saturated rings. The third-order valence-electron chi connectivity index (χ3n) is 2.72. The first-order valence-corrected chi connectivity index (χ1v) is 4.53. The van der Waals surface area contributed by atoms with Crippen molar-refractivity contribution in [2.75, 3.05) is 13.2 Å². The van der Waals surface area contributed by atoms with Crippen molar-refractivity contribution in [1.29, 1.82) is 0 Å². The Bertz CT molecular complexity index is 251. The van der Waals surface area contributed by atoms with E-state index in [2.05, 4.69) is 0 Å². The van der Waals surface area contributed by atoms with Crippen molar-refractivity contribution in [2.24, 2.45) is 5.92 Å². The molecule has 1 aliphatic heterocycles. The van der Waals surface area contributed by atoms with Gasteiger partial charge in [-0.25, -0.2) is 0 Å². The average Bonchev–Trinajstić information content (AvgIpc) is 2.44. The van der Waals surface area contributed by atoms with Gasteiger partial charge >= 0.3 is 0 Å². The number of β-lactam (4-membered cyclic amide) rings is 1. The summed E-state index contributed by atoms with van der Waals surface area (Å²) in [6.45, 7) is 0.639. The van der Waals surface area contributed by atoms with Crippen molar-refractivity contribution in [3.63, 3.8) is 0 Å². The number of carbonyl (C=O) groups excluding carboxylic acids is 1. The van der Waals surface area contributed by atoms with E-state index in [0.717, 1.165) is 0 Å². The number of carbonyl (C=O) groups is 1. The third kappa shape index (κ3) is 1.17. The van der Waals surface area contributed by atoms with Crippen LogP contribution in [0.25, 0.3) is 0 Å². The third-order valence-corrected chi connectivity index (χ3v) is 2.72.